The SMILES string of the molecule is O=C(Nc1ncc(C2CCNCC2)s1)c1cc(Oc2ccccc2)ccn1. The molecule has 1 aromatic carbocycles. The predicted octanol–water partition coefficient (Wildman–Crippen LogP) is 4.05. The number of rotatable bonds is 5. The Bertz CT molecular complexity index is 907. The summed E-state index contributed by atoms with van der Waals surface area (Å²) in [4.78, 5) is 22.3. The fraction of sp³-hybridized carbons (Fsp3) is 0.250. The van der Waals surface area contributed by atoms with Gasteiger partial charge in [-0.1, -0.05) is 18.2 Å². The van der Waals surface area contributed by atoms with Gasteiger partial charge in [-0.15, -0.1) is 11.3 Å². The normalized spacial score (nSPS) is 14.7. The van der Waals surface area contributed by atoms with Crippen molar-refractivity contribution in [3.8, 4) is 11.5 Å². The van der Waals surface area contributed by atoms with Gasteiger partial charge in [-0.3, -0.25) is 15.1 Å². The number of pyridine rings is 1. The minimum absolute atomic E-state index is 0.292. The summed E-state index contributed by atoms with van der Waals surface area (Å²) in [6.45, 7) is 2.06. The lowest BCUT2D eigenvalue weighted by atomic mass is 9.97. The Morgan fingerprint density at radius 1 is 1.11 bits per heavy atom. The van der Waals surface area contributed by atoms with Crippen LogP contribution in [0.4, 0.5) is 5.13 Å². The molecular weight excluding hydrogens is 360 g/mol. The summed E-state index contributed by atoms with van der Waals surface area (Å²) in [5.74, 6) is 1.51. The molecule has 1 saturated heterocycles. The fourth-order valence-electron chi connectivity index (χ4n) is 3.02. The van der Waals surface area contributed by atoms with Crippen LogP contribution in [-0.2, 0) is 0 Å². The maximum absolute atomic E-state index is 12.5. The number of benzene rings is 1. The zero-order chi connectivity index (χ0) is 18.5. The lowest BCUT2D eigenvalue weighted by Gasteiger charge is -2.20. The van der Waals surface area contributed by atoms with Crippen LogP contribution in [0.1, 0.15) is 34.1 Å². The molecule has 0 unspecified atom stereocenters. The van der Waals surface area contributed by atoms with Gasteiger partial charge in [-0.05, 0) is 50.0 Å². The van der Waals surface area contributed by atoms with E-state index in [-0.39, 0.29) is 5.91 Å². The zero-order valence-corrected chi connectivity index (χ0v) is 15.5. The highest BCUT2D eigenvalue weighted by molar-refractivity contribution is 7.15. The van der Waals surface area contributed by atoms with Crippen LogP contribution >= 0.6 is 11.3 Å². The second kappa shape index (κ2) is 8.28. The molecule has 0 radical (unpaired) electrons. The Morgan fingerprint density at radius 3 is 2.74 bits per heavy atom. The Hall–Kier alpha value is -2.77. The smallest absolute Gasteiger partial charge is 0.276 e. The number of piperidine rings is 1. The molecule has 0 spiro atoms. The van der Waals surface area contributed by atoms with Gasteiger partial charge < -0.3 is 10.1 Å². The number of nitrogens with one attached hydrogen (secondary N) is 2. The molecule has 1 fully saturated rings. The van der Waals surface area contributed by atoms with Crippen LogP contribution < -0.4 is 15.4 Å². The van der Waals surface area contributed by atoms with Gasteiger partial charge in [0.15, 0.2) is 5.13 Å². The second-order valence-corrected chi connectivity index (χ2v) is 7.40. The Labute approximate surface area is 161 Å². The van der Waals surface area contributed by atoms with Crippen molar-refractivity contribution in [3.63, 3.8) is 0 Å². The van der Waals surface area contributed by atoms with Gasteiger partial charge in [-0.2, -0.15) is 0 Å². The van der Waals surface area contributed by atoms with Crippen LogP contribution in [0, 0.1) is 0 Å². The van der Waals surface area contributed by atoms with E-state index in [1.807, 2.05) is 36.5 Å². The van der Waals surface area contributed by atoms with E-state index >= 15 is 0 Å². The Morgan fingerprint density at radius 2 is 1.93 bits per heavy atom. The van der Waals surface area contributed by atoms with Crippen LogP contribution in [0.15, 0.2) is 54.9 Å². The molecule has 7 heteroatoms. The minimum atomic E-state index is -0.292. The van der Waals surface area contributed by atoms with E-state index < -0.39 is 0 Å². The van der Waals surface area contributed by atoms with Gasteiger partial charge in [-0.25, -0.2) is 4.98 Å². The molecule has 0 saturated carbocycles. The summed E-state index contributed by atoms with van der Waals surface area (Å²) in [5.41, 5.74) is 0.294. The monoisotopic (exact) mass is 380 g/mol. The van der Waals surface area contributed by atoms with Gasteiger partial charge in [0, 0.05) is 23.3 Å². The standard InChI is InChI=1S/C20H20N4O2S/c25-19(24-20-23-13-18(27-20)14-6-9-21-10-7-14)17-12-16(8-11-22-17)26-15-4-2-1-3-5-15/h1-5,8,11-14,21H,6-7,9-10H2,(H,23,24,25). The summed E-state index contributed by atoms with van der Waals surface area (Å²) in [6, 6.07) is 12.8. The van der Waals surface area contributed by atoms with E-state index in [1.54, 1.807) is 18.3 Å². The molecule has 27 heavy (non-hydrogen) atoms. The van der Waals surface area contributed by atoms with E-state index in [0.717, 1.165) is 25.9 Å². The molecule has 0 bridgehead atoms. The molecule has 2 N–H and O–H groups in total. The van der Waals surface area contributed by atoms with E-state index in [1.165, 1.54) is 16.2 Å². The van der Waals surface area contributed by atoms with Crippen molar-refractivity contribution >= 4 is 22.4 Å². The second-order valence-electron chi connectivity index (χ2n) is 6.34. The highest BCUT2D eigenvalue weighted by Crippen LogP contribution is 2.32. The van der Waals surface area contributed by atoms with Crippen molar-refractivity contribution in [3.05, 3.63) is 65.4 Å². The molecule has 1 aliphatic heterocycles. The van der Waals surface area contributed by atoms with Crippen LogP contribution in [0.3, 0.4) is 0 Å². The summed E-state index contributed by atoms with van der Waals surface area (Å²) >= 11 is 1.54. The number of carbonyl (C=O) groups is 1. The third kappa shape index (κ3) is 4.50. The maximum atomic E-state index is 12.5. The molecule has 0 aliphatic carbocycles. The third-order valence-corrected chi connectivity index (χ3v) is 5.50. The largest absolute Gasteiger partial charge is 0.457 e. The molecule has 1 amide bonds. The molecule has 0 atom stereocenters. The number of carbonyl (C=O) groups excluding carboxylic acids is 1. The van der Waals surface area contributed by atoms with E-state index in [4.69, 9.17) is 4.74 Å². The first-order valence-corrected chi connectivity index (χ1v) is 9.76. The lowest BCUT2D eigenvalue weighted by molar-refractivity contribution is 0.102. The summed E-state index contributed by atoms with van der Waals surface area (Å²) in [7, 11) is 0. The number of hydrogen-bond donors (Lipinski definition) is 2. The predicted molar refractivity (Wildman–Crippen MR) is 106 cm³/mol. The van der Waals surface area contributed by atoms with Crippen LogP contribution in [0.2, 0.25) is 0 Å². The topological polar surface area (TPSA) is 76.1 Å². The minimum Gasteiger partial charge on any atom is -0.457 e. The maximum Gasteiger partial charge on any atom is 0.276 e. The highest BCUT2D eigenvalue weighted by atomic mass is 32.1. The summed E-state index contributed by atoms with van der Waals surface area (Å²) in [5, 5.41) is 6.81. The quantitative estimate of drug-likeness (QED) is 0.698. The summed E-state index contributed by atoms with van der Waals surface area (Å²) < 4.78 is 5.76. The molecular formula is C20H20N4O2S. The van der Waals surface area contributed by atoms with Crippen LogP contribution in [0.25, 0.3) is 0 Å². The van der Waals surface area contributed by atoms with E-state index in [2.05, 4.69) is 20.6 Å². The zero-order valence-electron chi connectivity index (χ0n) is 14.7. The van der Waals surface area contributed by atoms with Gasteiger partial charge in [0.25, 0.3) is 5.91 Å². The van der Waals surface area contributed by atoms with Crippen molar-refractivity contribution < 1.29 is 9.53 Å². The van der Waals surface area contributed by atoms with Gasteiger partial charge >= 0.3 is 0 Å². The number of nitrogens with zero attached hydrogens (tertiary/aromatic N) is 2. The number of hydrogen-bond acceptors (Lipinski definition) is 6. The molecule has 3 heterocycles. The number of ether oxygens (including phenoxy) is 1. The number of aromatic nitrogens is 2. The number of anilines is 1. The van der Waals surface area contributed by atoms with Crippen LogP contribution in [-0.4, -0.2) is 29.0 Å². The van der Waals surface area contributed by atoms with Crippen molar-refractivity contribution in [1.82, 2.24) is 15.3 Å². The Kier molecular flexibility index (Phi) is 5.41. The summed E-state index contributed by atoms with van der Waals surface area (Å²) in [6.07, 6.45) is 5.65. The first-order valence-electron chi connectivity index (χ1n) is 8.95. The number of amides is 1. The van der Waals surface area contributed by atoms with Gasteiger partial charge in [0.1, 0.15) is 17.2 Å². The van der Waals surface area contributed by atoms with Crippen molar-refractivity contribution in [1.29, 1.82) is 0 Å². The highest BCUT2D eigenvalue weighted by Gasteiger charge is 2.19. The molecule has 2 aromatic heterocycles. The third-order valence-electron chi connectivity index (χ3n) is 4.43. The van der Waals surface area contributed by atoms with Gasteiger partial charge in [0.05, 0.1) is 0 Å². The average Bonchev–Trinajstić information content (AvgIpc) is 3.18. The molecule has 6 nitrogen and oxygen atoms in total. The molecule has 4 rings (SSSR count). The van der Waals surface area contributed by atoms with Crippen molar-refractivity contribution in [2.75, 3.05) is 18.4 Å². The molecule has 138 valence electrons. The molecule has 3 aromatic rings. The first-order chi connectivity index (χ1) is 13.3. The van der Waals surface area contributed by atoms with Gasteiger partial charge in [0.2, 0.25) is 0 Å². The van der Waals surface area contributed by atoms with Crippen molar-refractivity contribution in [2.45, 2.75) is 18.8 Å². The number of thiazole rings is 1. The average molecular weight is 380 g/mol. The fourth-order valence-corrected chi connectivity index (χ4v) is 4.00. The number of para-hydroxylation sites is 1. The first kappa shape index (κ1) is 17.6. The van der Waals surface area contributed by atoms with E-state index in [9.17, 15) is 4.79 Å². The van der Waals surface area contributed by atoms with Crippen LogP contribution in [0.5, 0.6) is 11.5 Å². The molecule has 1 aliphatic rings. The lowest BCUT2D eigenvalue weighted by Crippen LogP contribution is -2.26. The van der Waals surface area contributed by atoms with E-state index in [0.29, 0.717) is 28.2 Å². The van der Waals surface area contributed by atoms with Crippen molar-refractivity contribution in [2.24, 2.45) is 0 Å². The Balaban J connectivity index is 1.42.